The molecule has 320 valence electrons. The minimum Gasteiger partial charge on any atom is -0.477 e. The highest BCUT2D eigenvalue weighted by Gasteiger charge is 2.44. The lowest BCUT2D eigenvalue weighted by atomic mass is 9.94. The summed E-state index contributed by atoms with van der Waals surface area (Å²) in [5.74, 6) is 3.52. The zero-order chi connectivity index (χ0) is 43.3. The molecule has 11 nitrogen and oxygen atoms in total. The number of aromatic nitrogens is 4. The minimum atomic E-state index is -0.996. The molecule has 0 amide bonds. The van der Waals surface area contributed by atoms with E-state index in [1.165, 1.54) is 46.7 Å². The van der Waals surface area contributed by atoms with E-state index in [0.29, 0.717) is 5.69 Å². The molecular weight excluding hydrogens is 857 g/mol. The Labute approximate surface area is 377 Å². The fourth-order valence-electron chi connectivity index (χ4n) is 8.98. The molecule has 15 heteroatoms. The number of hydrogen-bond acceptors (Lipinski definition) is 12. The number of esters is 1. The number of methoxy groups -OCH3 is 1. The molecule has 0 aliphatic carbocycles. The first kappa shape index (κ1) is 42.5. The van der Waals surface area contributed by atoms with Crippen molar-refractivity contribution < 1.29 is 19.4 Å². The number of carbonyl (C=O) groups excluding carboxylic acids is 1. The Morgan fingerprint density at radius 1 is 0.758 bits per heavy atom. The zero-order valence-corrected chi connectivity index (χ0v) is 38.5. The normalized spacial score (nSPS) is 17.1. The van der Waals surface area contributed by atoms with E-state index in [1.54, 1.807) is 33.7 Å². The Balaban J connectivity index is 0.000000181. The quantitative estimate of drug-likeness (QED) is 0.154. The fourth-order valence-corrected chi connectivity index (χ4v) is 15.6. The average Bonchev–Trinajstić information content (AvgIpc) is 4.03. The third kappa shape index (κ3) is 7.58. The third-order valence-corrected chi connectivity index (χ3v) is 19.3. The maximum Gasteiger partial charge on any atom is 0.356 e. The molecule has 10 rings (SSSR count). The fraction of sp³-hybridized carbons (Fsp3) is 0.340. The summed E-state index contributed by atoms with van der Waals surface area (Å²) >= 11 is 8.19. The van der Waals surface area contributed by atoms with Crippen molar-refractivity contribution in [2.24, 2.45) is 14.1 Å². The van der Waals surface area contributed by atoms with Gasteiger partial charge in [-0.3, -0.25) is 9.13 Å². The monoisotopic (exact) mass is 904 g/mol. The predicted molar refractivity (Wildman–Crippen MR) is 258 cm³/mol. The van der Waals surface area contributed by atoms with E-state index in [9.17, 15) is 14.4 Å². The van der Waals surface area contributed by atoms with Crippen molar-refractivity contribution in [3.63, 3.8) is 0 Å². The van der Waals surface area contributed by atoms with E-state index in [-0.39, 0.29) is 25.5 Å². The largest absolute Gasteiger partial charge is 0.477 e. The third-order valence-electron chi connectivity index (χ3n) is 12.2. The van der Waals surface area contributed by atoms with Crippen LogP contribution in [0.25, 0.3) is 33.3 Å². The molecule has 0 unspecified atom stereocenters. The van der Waals surface area contributed by atoms with Crippen LogP contribution in [0, 0.1) is 0 Å². The lowest BCUT2D eigenvalue weighted by Crippen LogP contribution is -2.33. The van der Waals surface area contributed by atoms with E-state index in [4.69, 9.17) is 9.84 Å². The van der Waals surface area contributed by atoms with Gasteiger partial charge in [-0.05, 0) is 84.0 Å². The molecule has 3 aromatic heterocycles. The highest BCUT2D eigenvalue weighted by atomic mass is 32.2. The first-order chi connectivity index (χ1) is 29.9. The first-order valence-electron chi connectivity index (χ1n) is 20.7. The second-order valence-corrected chi connectivity index (χ2v) is 22.2. The van der Waals surface area contributed by atoms with Crippen LogP contribution in [0.4, 0.5) is 17.1 Å². The summed E-state index contributed by atoms with van der Waals surface area (Å²) in [6.07, 6.45) is 5.55. The molecule has 3 aromatic carbocycles. The smallest absolute Gasteiger partial charge is 0.356 e. The molecule has 6 aromatic rings. The van der Waals surface area contributed by atoms with Crippen molar-refractivity contribution in [1.82, 2.24) is 19.1 Å². The van der Waals surface area contributed by atoms with Crippen LogP contribution >= 0.6 is 47.0 Å². The van der Waals surface area contributed by atoms with Crippen molar-refractivity contribution >= 4 is 87.1 Å². The number of rotatable bonds is 6. The second-order valence-electron chi connectivity index (χ2n) is 16.1. The SMILES string of the molecule is COC(=O)c1ccc(-c2ccc3c(c2)C2(CCN3c3cc(C(C)C)c4c(c3)n(C)c(=O)n4C)SCCS2)cn1.O=C(O)c1ccc(-c2ccc3c(c2)C2(CCN3)SCCS2)cn1. The first-order valence-corrected chi connectivity index (χ1v) is 24.7. The molecule has 0 saturated carbocycles. The molecule has 4 aliphatic rings. The van der Waals surface area contributed by atoms with Crippen LogP contribution in [0.3, 0.4) is 0 Å². The van der Waals surface area contributed by atoms with E-state index in [2.05, 4.69) is 82.6 Å². The molecule has 0 bridgehead atoms. The molecule has 2 N–H and O–H groups in total. The van der Waals surface area contributed by atoms with Crippen LogP contribution in [0.2, 0.25) is 0 Å². The Hall–Kier alpha value is -4.83. The zero-order valence-electron chi connectivity index (χ0n) is 35.3. The number of aryl methyl sites for hydroxylation is 2. The minimum absolute atomic E-state index is 0.00253. The number of imidazole rings is 1. The van der Waals surface area contributed by atoms with Crippen molar-refractivity contribution in [1.29, 1.82) is 0 Å². The van der Waals surface area contributed by atoms with Gasteiger partial charge in [-0.25, -0.2) is 24.4 Å². The van der Waals surface area contributed by atoms with Gasteiger partial charge in [-0.2, -0.15) is 0 Å². The molecule has 62 heavy (non-hydrogen) atoms. The number of nitrogens with one attached hydrogen (secondary N) is 1. The van der Waals surface area contributed by atoms with Crippen LogP contribution in [0.1, 0.15) is 70.3 Å². The van der Waals surface area contributed by atoms with Gasteiger partial charge in [0.1, 0.15) is 11.4 Å². The average molecular weight is 905 g/mol. The number of aromatic carboxylic acids is 1. The molecule has 0 radical (unpaired) electrons. The highest BCUT2D eigenvalue weighted by molar-refractivity contribution is 8.21. The van der Waals surface area contributed by atoms with Gasteiger partial charge >= 0.3 is 17.6 Å². The predicted octanol–water partition coefficient (Wildman–Crippen LogP) is 9.92. The lowest BCUT2D eigenvalue weighted by molar-refractivity contribution is 0.0593. The summed E-state index contributed by atoms with van der Waals surface area (Å²) in [6, 6.07) is 24.6. The number of anilines is 3. The summed E-state index contributed by atoms with van der Waals surface area (Å²) in [4.78, 5) is 46.4. The summed E-state index contributed by atoms with van der Waals surface area (Å²) in [6.45, 7) is 6.30. The molecule has 7 heterocycles. The maximum absolute atomic E-state index is 12.8. The summed E-state index contributed by atoms with van der Waals surface area (Å²) in [5, 5.41) is 12.5. The summed E-state index contributed by atoms with van der Waals surface area (Å²) in [7, 11) is 5.08. The van der Waals surface area contributed by atoms with Crippen LogP contribution < -0.4 is 15.9 Å². The number of benzene rings is 3. The van der Waals surface area contributed by atoms with Gasteiger partial charge < -0.3 is 20.1 Å². The lowest BCUT2D eigenvalue weighted by Gasteiger charge is -2.41. The molecule has 2 spiro atoms. The van der Waals surface area contributed by atoms with Crippen molar-refractivity contribution in [3.05, 3.63) is 124 Å². The molecule has 2 saturated heterocycles. The second kappa shape index (κ2) is 17.0. The summed E-state index contributed by atoms with van der Waals surface area (Å²) in [5.41, 5.74) is 13.8. The van der Waals surface area contributed by atoms with Crippen LogP contribution in [-0.4, -0.2) is 79.4 Å². The van der Waals surface area contributed by atoms with Crippen LogP contribution in [0.5, 0.6) is 0 Å². The number of thioether (sulfide) groups is 4. The number of hydrogen-bond donors (Lipinski definition) is 2. The number of nitrogens with zero attached hydrogens (tertiary/aromatic N) is 5. The van der Waals surface area contributed by atoms with Gasteiger partial charge in [0.05, 0.1) is 26.3 Å². The number of pyridine rings is 2. The van der Waals surface area contributed by atoms with Gasteiger partial charge in [0.15, 0.2) is 0 Å². The number of fused-ring (bicyclic) bond motifs is 5. The van der Waals surface area contributed by atoms with E-state index in [0.717, 1.165) is 76.4 Å². The van der Waals surface area contributed by atoms with Gasteiger partial charge in [0.2, 0.25) is 0 Å². The maximum atomic E-state index is 12.8. The van der Waals surface area contributed by atoms with Gasteiger partial charge in [-0.1, -0.05) is 38.1 Å². The van der Waals surface area contributed by atoms with Gasteiger partial charge in [-0.15, -0.1) is 47.0 Å². The topological polar surface area (TPSA) is 132 Å². The Morgan fingerprint density at radius 2 is 1.35 bits per heavy atom. The van der Waals surface area contributed by atoms with Gasteiger partial charge in [0, 0.05) is 102 Å². The molecule has 0 atom stereocenters. The summed E-state index contributed by atoms with van der Waals surface area (Å²) < 4.78 is 8.52. The Kier molecular flexibility index (Phi) is 11.7. The highest BCUT2D eigenvalue weighted by Crippen LogP contribution is 2.60. The van der Waals surface area contributed by atoms with Gasteiger partial charge in [0.25, 0.3) is 0 Å². The van der Waals surface area contributed by atoms with Crippen molar-refractivity contribution in [2.45, 2.75) is 40.8 Å². The number of carbonyl (C=O) groups is 2. The van der Waals surface area contributed by atoms with E-state index >= 15 is 0 Å². The van der Waals surface area contributed by atoms with Crippen LogP contribution in [0.15, 0.2) is 90.0 Å². The Morgan fingerprint density at radius 3 is 1.95 bits per heavy atom. The Bertz CT molecular complexity index is 2760. The van der Waals surface area contributed by atoms with Crippen LogP contribution in [-0.2, 0) is 27.0 Å². The van der Waals surface area contributed by atoms with Crippen molar-refractivity contribution in [3.8, 4) is 22.3 Å². The van der Waals surface area contributed by atoms with E-state index < -0.39 is 11.9 Å². The number of carboxylic acids is 1. The van der Waals surface area contributed by atoms with Crippen molar-refractivity contribution in [2.75, 3.05) is 53.4 Å². The number of carboxylic acid groups (broad SMARTS) is 1. The standard InChI is InChI=1S/C30H32N4O3S2.C17H16N2O2S2/c1-18(2)22-15-21(16-26-27(22)33(4)29(36)32(26)3)34-11-10-30(38-12-13-39-30)23-14-19(7-9-25(23)34)20-6-8-24(31-17-20)28(35)37-5;20-16(21)15-4-2-12(10-19-15)11-1-3-14-13(9-11)17(5-6-18-14)22-7-8-23-17/h6-9,14-18H,10-13H2,1-5H3;1-4,9-10,18H,5-8H2,(H,20,21). The molecule has 2 fully saturated rings. The molecular formula is C47H48N6O5S4. The number of ether oxygens (including phenoxy) is 1. The molecule has 4 aliphatic heterocycles. The van der Waals surface area contributed by atoms with E-state index in [1.807, 2.05) is 73.3 Å².